The minimum absolute atomic E-state index is 0.0344. The summed E-state index contributed by atoms with van der Waals surface area (Å²) >= 11 is 0. The minimum Gasteiger partial charge on any atom is -0.496 e. The summed E-state index contributed by atoms with van der Waals surface area (Å²) in [4.78, 5) is 55.0. The standard InChI is InChI=1S/C40H45N5O9/c1-5-7-8-9-18-51-39(48)45-36(41)27-12-14-29(15-13-27)42-22-28-19-26(6-2)33(50-4)20-31(28)30-16-17-32(37(46)43-21-25-10-11-25)44-35(30)38(47)52-23-34-24(3)53-40(49)54-34/h6,12-17,19-20,25,42H,2,5,7-11,18,21-23H2,1,3-4H3,(H,43,46)(H2,41,45,48). The first-order valence-electron chi connectivity index (χ1n) is 17.9. The van der Waals surface area contributed by atoms with Crippen LogP contribution in [0.2, 0.25) is 0 Å². The van der Waals surface area contributed by atoms with E-state index in [-0.39, 0.29) is 35.3 Å². The number of amidine groups is 1. The lowest BCUT2D eigenvalue weighted by Gasteiger charge is -2.18. The van der Waals surface area contributed by atoms with Crippen LogP contribution in [0.3, 0.4) is 0 Å². The van der Waals surface area contributed by atoms with Crippen molar-refractivity contribution in [2.75, 3.05) is 25.6 Å². The molecule has 4 aromatic rings. The number of pyridine rings is 1. The molecule has 0 unspecified atom stereocenters. The van der Waals surface area contributed by atoms with Crippen LogP contribution in [0.1, 0.15) is 94.6 Å². The quantitative estimate of drug-likeness (QED) is 0.0355. The molecule has 1 aliphatic carbocycles. The van der Waals surface area contributed by atoms with Crippen molar-refractivity contribution in [1.82, 2.24) is 15.6 Å². The zero-order valence-corrected chi connectivity index (χ0v) is 30.7. The normalized spacial score (nSPS) is 12.1. The van der Waals surface area contributed by atoms with Gasteiger partial charge in [0.1, 0.15) is 17.3 Å². The van der Waals surface area contributed by atoms with E-state index in [9.17, 15) is 19.2 Å². The molecule has 0 bridgehead atoms. The maximum absolute atomic E-state index is 13.7. The van der Waals surface area contributed by atoms with Crippen LogP contribution in [0, 0.1) is 18.3 Å². The van der Waals surface area contributed by atoms with Crippen LogP contribution < -0.4 is 26.5 Å². The predicted octanol–water partition coefficient (Wildman–Crippen LogP) is 7.00. The van der Waals surface area contributed by atoms with E-state index in [0.717, 1.165) is 44.1 Å². The van der Waals surface area contributed by atoms with Gasteiger partial charge < -0.3 is 33.7 Å². The van der Waals surface area contributed by atoms with E-state index in [0.29, 0.717) is 52.8 Å². The van der Waals surface area contributed by atoms with E-state index in [1.54, 1.807) is 48.5 Å². The number of amides is 2. The van der Waals surface area contributed by atoms with Gasteiger partial charge in [-0.3, -0.25) is 15.5 Å². The van der Waals surface area contributed by atoms with Crippen molar-refractivity contribution >= 4 is 35.6 Å². The Kier molecular flexibility index (Phi) is 13.4. The number of benzene rings is 2. The van der Waals surface area contributed by atoms with Gasteiger partial charge in [0.15, 0.2) is 23.8 Å². The Hall–Kier alpha value is -6.18. The number of esters is 1. The van der Waals surface area contributed by atoms with Gasteiger partial charge in [0.25, 0.3) is 5.91 Å². The molecule has 1 aliphatic rings. The Labute approximate surface area is 312 Å². The Morgan fingerprint density at radius 2 is 1.80 bits per heavy atom. The van der Waals surface area contributed by atoms with Crippen LogP contribution in [0.4, 0.5) is 10.5 Å². The first-order chi connectivity index (χ1) is 26.1. The Morgan fingerprint density at radius 3 is 2.46 bits per heavy atom. The molecule has 284 valence electrons. The van der Waals surface area contributed by atoms with Gasteiger partial charge in [0, 0.05) is 35.5 Å². The molecule has 4 N–H and O–H groups in total. The summed E-state index contributed by atoms with van der Waals surface area (Å²) in [6.07, 6.45) is 6.99. The fourth-order valence-electron chi connectivity index (χ4n) is 5.55. The molecule has 0 aliphatic heterocycles. The molecule has 0 spiro atoms. The molecule has 14 heteroatoms. The molecular weight excluding hydrogens is 694 g/mol. The van der Waals surface area contributed by atoms with Crippen LogP contribution in [-0.4, -0.2) is 49.1 Å². The highest BCUT2D eigenvalue weighted by atomic mass is 16.6. The van der Waals surface area contributed by atoms with E-state index in [1.165, 1.54) is 14.0 Å². The topological polar surface area (TPSA) is 195 Å². The largest absolute Gasteiger partial charge is 0.519 e. The lowest BCUT2D eigenvalue weighted by atomic mass is 9.94. The van der Waals surface area contributed by atoms with Crippen molar-refractivity contribution in [3.8, 4) is 16.9 Å². The maximum Gasteiger partial charge on any atom is 0.519 e. The number of alkyl carbamates (subject to hydrolysis) is 1. The lowest BCUT2D eigenvalue weighted by Crippen LogP contribution is -2.31. The molecule has 54 heavy (non-hydrogen) atoms. The van der Waals surface area contributed by atoms with Gasteiger partial charge in [-0.25, -0.2) is 19.4 Å². The van der Waals surface area contributed by atoms with E-state index in [4.69, 9.17) is 28.5 Å². The van der Waals surface area contributed by atoms with Crippen molar-refractivity contribution in [2.24, 2.45) is 5.92 Å². The number of carbonyl (C=O) groups excluding carboxylic acids is 3. The fraction of sp³-hybridized carbons (Fsp3) is 0.350. The first-order valence-corrected chi connectivity index (χ1v) is 17.9. The van der Waals surface area contributed by atoms with E-state index in [1.807, 2.05) is 6.07 Å². The molecule has 2 amide bonds. The van der Waals surface area contributed by atoms with Crippen LogP contribution in [0.5, 0.6) is 5.75 Å². The van der Waals surface area contributed by atoms with Crippen molar-refractivity contribution in [2.45, 2.75) is 65.5 Å². The maximum atomic E-state index is 13.7. The summed E-state index contributed by atoms with van der Waals surface area (Å²) < 4.78 is 26.3. The van der Waals surface area contributed by atoms with Gasteiger partial charge in [-0.2, -0.15) is 0 Å². The Balaban J connectivity index is 1.38. The van der Waals surface area contributed by atoms with Crippen LogP contribution in [0.15, 0.2) is 68.7 Å². The minimum atomic E-state index is -0.920. The number of carbonyl (C=O) groups is 3. The number of aromatic nitrogens is 1. The highest BCUT2D eigenvalue weighted by Gasteiger charge is 2.25. The zero-order chi connectivity index (χ0) is 38.6. The molecule has 0 radical (unpaired) electrons. The second-order valence-corrected chi connectivity index (χ2v) is 12.8. The van der Waals surface area contributed by atoms with E-state index in [2.05, 4.69) is 34.4 Å². The Morgan fingerprint density at radius 1 is 1.02 bits per heavy atom. The number of unbranched alkanes of at least 4 members (excludes halogenated alkanes) is 3. The average molecular weight is 740 g/mol. The van der Waals surface area contributed by atoms with E-state index < -0.39 is 30.4 Å². The van der Waals surface area contributed by atoms with Gasteiger partial charge in [-0.1, -0.05) is 38.8 Å². The average Bonchev–Trinajstić information content (AvgIpc) is 3.95. The smallest absolute Gasteiger partial charge is 0.496 e. The molecular formula is C40H45N5O9. The summed E-state index contributed by atoms with van der Waals surface area (Å²) in [5.74, 6) is -1.15. The number of hydrogen-bond donors (Lipinski definition) is 4. The number of methoxy groups -OCH3 is 1. The molecule has 2 aromatic carbocycles. The van der Waals surface area contributed by atoms with Gasteiger partial charge in [-0.05, 0) is 91.8 Å². The van der Waals surface area contributed by atoms with Crippen molar-refractivity contribution < 1.29 is 37.4 Å². The highest BCUT2D eigenvalue weighted by Crippen LogP contribution is 2.35. The number of aryl methyl sites for hydroxylation is 1. The SMILES string of the molecule is C=Cc1cc(CNc2ccc(C(=N)NC(=O)OCCCCCC)cc2)c(-c2ccc(C(=O)NCC3CC3)nc2C(=O)OCc2oc(=O)oc2C)cc1OC. The summed E-state index contributed by atoms with van der Waals surface area (Å²) in [7, 11) is 1.52. The summed E-state index contributed by atoms with van der Waals surface area (Å²) in [5, 5.41) is 17.0. The summed E-state index contributed by atoms with van der Waals surface area (Å²) in [5.41, 5.74) is 3.45. The van der Waals surface area contributed by atoms with Crippen LogP contribution in [-0.2, 0) is 22.6 Å². The predicted molar refractivity (Wildman–Crippen MR) is 202 cm³/mol. The monoisotopic (exact) mass is 739 g/mol. The highest BCUT2D eigenvalue weighted by molar-refractivity contribution is 6.04. The molecule has 1 fully saturated rings. The second kappa shape index (κ2) is 18.5. The number of ether oxygens (including phenoxy) is 3. The van der Waals surface area contributed by atoms with E-state index >= 15 is 0 Å². The van der Waals surface area contributed by atoms with Crippen molar-refractivity contribution in [3.05, 3.63) is 105 Å². The molecule has 2 aromatic heterocycles. The lowest BCUT2D eigenvalue weighted by molar-refractivity contribution is 0.0436. The molecule has 1 saturated carbocycles. The van der Waals surface area contributed by atoms with Gasteiger partial charge in [0.05, 0.1) is 13.7 Å². The number of nitrogens with one attached hydrogen (secondary N) is 4. The number of nitrogens with zero attached hydrogens (tertiary/aromatic N) is 1. The number of anilines is 1. The number of hydrogen-bond acceptors (Lipinski definition) is 12. The summed E-state index contributed by atoms with van der Waals surface area (Å²) in [6, 6.07) is 13.7. The third-order valence-corrected chi connectivity index (χ3v) is 8.82. The van der Waals surface area contributed by atoms with Gasteiger partial charge in [-0.15, -0.1) is 0 Å². The van der Waals surface area contributed by atoms with Gasteiger partial charge >= 0.3 is 17.9 Å². The van der Waals surface area contributed by atoms with Crippen molar-refractivity contribution in [3.63, 3.8) is 0 Å². The molecule has 2 heterocycles. The summed E-state index contributed by atoms with van der Waals surface area (Å²) in [6.45, 7) is 8.21. The van der Waals surface area contributed by atoms with Crippen LogP contribution >= 0.6 is 0 Å². The third-order valence-electron chi connectivity index (χ3n) is 8.82. The molecule has 14 nitrogen and oxygen atoms in total. The molecule has 0 atom stereocenters. The second-order valence-electron chi connectivity index (χ2n) is 12.8. The molecule has 0 saturated heterocycles. The zero-order valence-electron chi connectivity index (χ0n) is 30.7. The van der Waals surface area contributed by atoms with Crippen molar-refractivity contribution in [1.29, 1.82) is 5.41 Å². The van der Waals surface area contributed by atoms with Gasteiger partial charge in [0.2, 0.25) is 0 Å². The third kappa shape index (κ3) is 10.5. The first kappa shape index (κ1) is 39.0. The fourth-order valence-corrected chi connectivity index (χ4v) is 5.55. The van der Waals surface area contributed by atoms with Crippen LogP contribution in [0.25, 0.3) is 17.2 Å². The molecule has 5 rings (SSSR count). The number of rotatable bonds is 18. The Bertz CT molecular complexity index is 2050.